The molecule has 0 N–H and O–H groups in total. The molecule has 0 aliphatic rings. The minimum absolute atomic E-state index is 0.431. The predicted molar refractivity (Wildman–Crippen MR) is 44.4 cm³/mol. The van der Waals surface area contributed by atoms with Crippen LogP contribution in [0, 0.1) is 11.6 Å². The lowest BCUT2D eigenvalue weighted by Gasteiger charge is -1.99. The Morgan fingerprint density at radius 3 is 2.15 bits per heavy atom. The van der Waals surface area contributed by atoms with Gasteiger partial charge >= 0.3 is 0 Å². The van der Waals surface area contributed by atoms with Crippen LogP contribution in [-0.4, -0.2) is 8.42 Å². The molecule has 0 unspecified atom stereocenters. The third-order valence-electron chi connectivity index (χ3n) is 1.24. The van der Waals surface area contributed by atoms with Gasteiger partial charge in [-0.05, 0) is 12.1 Å². The van der Waals surface area contributed by atoms with Crippen molar-refractivity contribution in [1.29, 1.82) is 0 Å². The van der Waals surface area contributed by atoms with Crippen LogP contribution in [0.5, 0.6) is 0 Å². The van der Waals surface area contributed by atoms with E-state index in [0.717, 1.165) is 0 Å². The highest BCUT2D eigenvalue weighted by molar-refractivity contribution is 8.13. The standard InChI is InChI=1S/C6H2Cl2F2O2S/c7-3-1-5(10)6(2-4(3)9)13(8,11)12/h1-2H. The van der Waals surface area contributed by atoms with Crippen LogP contribution in [0.4, 0.5) is 8.78 Å². The Hall–Kier alpha value is -0.390. The van der Waals surface area contributed by atoms with Crippen molar-refractivity contribution in [3.8, 4) is 0 Å². The first-order valence-electron chi connectivity index (χ1n) is 2.91. The van der Waals surface area contributed by atoms with Gasteiger partial charge in [0.25, 0.3) is 9.05 Å². The Bertz CT molecular complexity index is 444. The summed E-state index contributed by atoms with van der Waals surface area (Å²) in [4.78, 5) is -0.920. The van der Waals surface area contributed by atoms with Gasteiger partial charge < -0.3 is 0 Å². The summed E-state index contributed by atoms with van der Waals surface area (Å²) in [5.74, 6) is -2.22. The average molecular weight is 247 g/mol. The van der Waals surface area contributed by atoms with E-state index < -0.39 is 30.6 Å². The molecule has 72 valence electrons. The molecule has 0 bridgehead atoms. The van der Waals surface area contributed by atoms with Gasteiger partial charge in [-0.2, -0.15) is 0 Å². The van der Waals surface area contributed by atoms with Crippen LogP contribution in [0.25, 0.3) is 0 Å². The molecule has 0 heterocycles. The second-order valence-electron chi connectivity index (χ2n) is 2.13. The predicted octanol–water partition coefficient (Wildman–Crippen LogP) is 2.55. The van der Waals surface area contributed by atoms with Crippen molar-refractivity contribution in [2.24, 2.45) is 0 Å². The first kappa shape index (κ1) is 10.7. The summed E-state index contributed by atoms with van der Waals surface area (Å²) in [6, 6.07) is 0.978. The summed E-state index contributed by atoms with van der Waals surface area (Å²) in [5, 5.41) is -0.499. The molecule has 7 heteroatoms. The van der Waals surface area contributed by atoms with E-state index in [1.165, 1.54) is 0 Å². The molecule has 0 atom stereocenters. The molecule has 0 saturated carbocycles. The van der Waals surface area contributed by atoms with Crippen LogP contribution >= 0.6 is 22.3 Å². The summed E-state index contributed by atoms with van der Waals surface area (Å²) in [6.45, 7) is 0. The van der Waals surface area contributed by atoms with E-state index in [2.05, 4.69) is 0 Å². The highest BCUT2D eigenvalue weighted by atomic mass is 35.7. The van der Waals surface area contributed by atoms with Crippen LogP contribution in [0.2, 0.25) is 5.02 Å². The van der Waals surface area contributed by atoms with Gasteiger partial charge in [0.2, 0.25) is 0 Å². The molecule has 0 saturated heterocycles. The molecule has 0 radical (unpaired) electrons. The van der Waals surface area contributed by atoms with Gasteiger partial charge in [-0.25, -0.2) is 17.2 Å². The van der Waals surface area contributed by atoms with Crippen molar-refractivity contribution in [2.75, 3.05) is 0 Å². The fourth-order valence-corrected chi connectivity index (χ4v) is 1.73. The molecule has 2 nitrogen and oxygen atoms in total. The summed E-state index contributed by atoms with van der Waals surface area (Å²) < 4.78 is 46.7. The number of benzene rings is 1. The summed E-state index contributed by atoms with van der Waals surface area (Å²) >= 11 is 5.18. The number of rotatable bonds is 1. The number of hydrogen-bond donors (Lipinski definition) is 0. The van der Waals surface area contributed by atoms with Crippen LogP contribution < -0.4 is 0 Å². The molecular weight excluding hydrogens is 245 g/mol. The lowest BCUT2D eigenvalue weighted by Crippen LogP contribution is -1.96. The lowest BCUT2D eigenvalue weighted by molar-refractivity contribution is 0.559. The Labute approximate surface area is 82.5 Å². The Kier molecular flexibility index (Phi) is 2.79. The van der Waals surface area contributed by atoms with Gasteiger partial charge in [0, 0.05) is 10.7 Å². The minimum atomic E-state index is -4.27. The van der Waals surface area contributed by atoms with Crippen molar-refractivity contribution in [1.82, 2.24) is 0 Å². The number of halogens is 4. The van der Waals surface area contributed by atoms with Crippen LogP contribution in [-0.2, 0) is 9.05 Å². The molecule has 0 aromatic heterocycles. The van der Waals surface area contributed by atoms with Gasteiger partial charge in [-0.1, -0.05) is 11.6 Å². The van der Waals surface area contributed by atoms with E-state index >= 15 is 0 Å². The van der Waals surface area contributed by atoms with E-state index in [-0.39, 0.29) is 0 Å². The maximum Gasteiger partial charge on any atom is 0.264 e. The Morgan fingerprint density at radius 1 is 1.15 bits per heavy atom. The quantitative estimate of drug-likeness (QED) is 0.564. The molecule has 0 fully saturated rings. The minimum Gasteiger partial charge on any atom is -0.207 e. The molecule has 0 amide bonds. The van der Waals surface area contributed by atoms with Gasteiger partial charge in [-0.15, -0.1) is 0 Å². The fraction of sp³-hybridized carbons (Fsp3) is 0. The third-order valence-corrected chi connectivity index (χ3v) is 2.86. The van der Waals surface area contributed by atoms with Gasteiger partial charge in [0.15, 0.2) is 0 Å². The topological polar surface area (TPSA) is 34.1 Å². The Balaban J connectivity index is 3.50. The zero-order chi connectivity index (χ0) is 10.2. The van der Waals surface area contributed by atoms with Gasteiger partial charge in [0.1, 0.15) is 16.5 Å². The van der Waals surface area contributed by atoms with Gasteiger partial charge in [0.05, 0.1) is 5.02 Å². The molecular formula is C6H2Cl2F2O2S. The van der Waals surface area contributed by atoms with Crippen molar-refractivity contribution in [2.45, 2.75) is 4.90 Å². The smallest absolute Gasteiger partial charge is 0.207 e. The average Bonchev–Trinajstić information content (AvgIpc) is 1.94. The molecule has 0 aliphatic heterocycles. The Morgan fingerprint density at radius 2 is 1.69 bits per heavy atom. The maximum atomic E-state index is 12.8. The number of hydrogen-bond acceptors (Lipinski definition) is 2. The van der Waals surface area contributed by atoms with E-state index in [1.807, 2.05) is 0 Å². The monoisotopic (exact) mass is 246 g/mol. The van der Waals surface area contributed by atoms with Crippen molar-refractivity contribution in [3.05, 3.63) is 28.8 Å². The SMILES string of the molecule is O=S(=O)(Cl)c1cc(F)c(Cl)cc1F. The van der Waals surface area contributed by atoms with E-state index in [0.29, 0.717) is 12.1 Å². The molecule has 0 spiro atoms. The summed E-state index contributed by atoms with van der Waals surface area (Å²) in [5.41, 5.74) is 0. The fourth-order valence-electron chi connectivity index (χ4n) is 0.691. The zero-order valence-corrected chi connectivity index (χ0v) is 8.22. The first-order chi connectivity index (χ1) is 5.82. The summed E-state index contributed by atoms with van der Waals surface area (Å²) in [6.07, 6.45) is 0. The molecule has 0 aliphatic carbocycles. The van der Waals surface area contributed by atoms with E-state index in [1.54, 1.807) is 0 Å². The van der Waals surface area contributed by atoms with Crippen molar-refractivity contribution < 1.29 is 17.2 Å². The molecule has 13 heavy (non-hydrogen) atoms. The third kappa shape index (κ3) is 2.30. The van der Waals surface area contributed by atoms with E-state index in [9.17, 15) is 17.2 Å². The second-order valence-corrected chi connectivity index (χ2v) is 5.08. The van der Waals surface area contributed by atoms with Gasteiger partial charge in [-0.3, -0.25) is 0 Å². The van der Waals surface area contributed by atoms with Crippen LogP contribution in [0.3, 0.4) is 0 Å². The highest BCUT2D eigenvalue weighted by Crippen LogP contribution is 2.24. The zero-order valence-electron chi connectivity index (χ0n) is 5.89. The maximum absolute atomic E-state index is 12.8. The lowest BCUT2D eigenvalue weighted by atomic mass is 10.3. The normalized spacial score (nSPS) is 11.7. The molecule has 1 rings (SSSR count). The second kappa shape index (κ2) is 3.40. The van der Waals surface area contributed by atoms with Crippen LogP contribution in [0.15, 0.2) is 17.0 Å². The largest absolute Gasteiger partial charge is 0.264 e. The first-order valence-corrected chi connectivity index (χ1v) is 5.60. The van der Waals surface area contributed by atoms with Crippen molar-refractivity contribution >= 4 is 31.3 Å². The molecule has 1 aromatic rings. The highest BCUT2D eigenvalue weighted by Gasteiger charge is 2.18. The molecule has 1 aromatic carbocycles. The van der Waals surface area contributed by atoms with Crippen LogP contribution in [0.1, 0.15) is 0 Å². The van der Waals surface area contributed by atoms with Crippen molar-refractivity contribution in [3.63, 3.8) is 0 Å². The summed E-state index contributed by atoms with van der Waals surface area (Å²) in [7, 11) is 0.536. The van der Waals surface area contributed by atoms with E-state index in [4.69, 9.17) is 22.3 Å².